The molecular weight excluding hydrogens is 1750 g/mol. The van der Waals surface area contributed by atoms with E-state index >= 15 is 0 Å². The number of aromatic nitrogens is 5. The van der Waals surface area contributed by atoms with Crippen molar-refractivity contribution in [3.05, 3.63) is 556 Å². The van der Waals surface area contributed by atoms with Gasteiger partial charge in [0.05, 0.1) is 83.3 Å². The lowest BCUT2D eigenvalue weighted by Gasteiger charge is -2.45. The molecule has 0 saturated heterocycles. The Balaban J connectivity index is 0.619. The van der Waals surface area contributed by atoms with Crippen LogP contribution in [0.4, 0.5) is 17.1 Å². The number of fused-ring (bicyclic) bond motifs is 24. The van der Waals surface area contributed by atoms with E-state index in [-0.39, 0.29) is 0 Å². The van der Waals surface area contributed by atoms with Gasteiger partial charge < -0.3 is 27.7 Å². The smallest absolute Gasteiger partial charge is 0.0754 e. The third-order valence-corrected chi connectivity index (χ3v) is 31.3. The highest BCUT2D eigenvalue weighted by molar-refractivity contribution is 6.24. The van der Waals surface area contributed by atoms with Crippen molar-refractivity contribution in [1.82, 2.24) is 22.8 Å². The fourth-order valence-corrected chi connectivity index (χ4v) is 25.2. The van der Waals surface area contributed by atoms with E-state index in [2.05, 4.69) is 562 Å². The largest absolute Gasteiger partial charge is 0.310 e. The van der Waals surface area contributed by atoms with Crippen molar-refractivity contribution in [2.45, 2.75) is 5.41 Å². The normalized spacial score (nSPS) is 13.3. The molecule has 5 aromatic heterocycles. The van der Waals surface area contributed by atoms with E-state index in [4.69, 9.17) is 0 Å². The van der Waals surface area contributed by atoms with Crippen LogP contribution in [0, 0.1) is 0 Å². The molecule has 6 heteroatoms. The maximum atomic E-state index is 2.59. The van der Waals surface area contributed by atoms with Crippen molar-refractivity contribution in [2.75, 3.05) is 4.90 Å². The van der Waals surface area contributed by atoms with E-state index in [1.54, 1.807) is 0 Å². The summed E-state index contributed by atoms with van der Waals surface area (Å²) >= 11 is 0. The second-order valence-electron chi connectivity index (χ2n) is 38.8. The van der Waals surface area contributed by atoms with Crippen LogP contribution in [0.3, 0.4) is 0 Å². The van der Waals surface area contributed by atoms with E-state index in [9.17, 15) is 0 Å². The Labute approximate surface area is 837 Å². The van der Waals surface area contributed by atoms with Crippen LogP contribution in [-0.2, 0) is 5.41 Å². The standard InChI is InChI=1S/C139H88N6/c1-5-36-89(37-6-1)91-72-77-99(78-73-91)140-125-65-27-18-53-111(125)136-109(57-34-69-129(136)140)110-58-35-70-130-137(110)114-79-74-96(85-132(114)143(130)100-45-31-44-94(82-100)90-38-7-2-8-39-90)95-75-80-118-116(83-95)104-48-13-21-59-117(104)139(118)119-60-22-30-68-128(119)142(102-47-32-46-101(88-102)141-121-61-23-14-49-105(121)106-50-15-24-62-122(106)141)133-86-97(76-81-120(133)139)98-84-115(93-42-11-4-12-43-93)138-113-55-20-29-67-127(113)145(134(138)87-98)124-64-26-17-52-108(124)107-51-16-25-63-123(107)144-126-66-28-19-54-112(126)135-103(56-33-71-131(135)144)92-40-9-3-10-41-92/h1-88H. The monoisotopic (exact) mass is 1840 g/mol. The molecule has 1 unspecified atom stereocenters. The van der Waals surface area contributed by atoms with Crippen LogP contribution in [0.2, 0.25) is 0 Å². The van der Waals surface area contributed by atoms with Crippen LogP contribution in [0.5, 0.6) is 0 Å². The van der Waals surface area contributed by atoms with Crippen LogP contribution < -0.4 is 4.90 Å². The van der Waals surface area contributed by atoms with Gasteiger partial charge in [-0.15, -0.1) is 0 Å². The Kier molecular flexibility index (Phi) is 18.3. The number of para-hydroxylation sites is 8. The van der Waals surface area contributed by atoms with Gasteiger partial charge in [0, 0.05) is 87.7 Å². The van der Waals surface area contributed by atoms with Gasteiger partial charge in [0.2, 0.25) is 0 Å². The third kappa shape index (κ3) is 12.3. The number of nitrogens with zero attached hydrogens (tertiary/aromatic N) is 6. The van der Waals surface area contributed by atoms with Gasteiger partial charge in [-0.1, -0.05) is 394 Å². The first kappa shape index (κ1) is 81.8. The first-order valence-corrected chi connectivity index (χ1v) is 50.2. The zero-order chi connectivity index (χ0) is 95.1. The van der Waals surface area contributed by atoms with Crippen LogP contribution in [0.25, 0.3) is 238 Å². The van der Waals surface area contributed by atoms with Crippen molar-refractivity contribution >= 4 is 126 Å². The van der Waals surface area contributed by atoms with Gasteiger partial charge in [-0.2, -0.15) is 0 Å². The number of hydrogen-bond acceptors (Lipinski definition) is 1. The molecular formula is C139H88N6. The third-order valence-electron chi connectivity index (χ3n) is 31.3. The summed E-state index contributed by atoms with van der Waals surface area (Å²) in [6.07, 6.45) is 0. The quantitative estimate of drug-likeness (QED) is 0.107. The minimum Gasteiger partial charge on any atom is -0.310 e. The molecule has 145 heavy (non-hydrogen) atoms. The lowest BCUT2D eigenvalue weighted by Crippen LogP contribution is -2.36. The fraction of sp³-hybridized carbons (Fsp3) is 0.00719. The summed E-state index contributed by atoms with van der Waals surface area (Å²) in [6, 6.07) is 200. The Morgan fingerprint density at radius 2 is 0.455 bits per heavy atom. The van der Waals surface area contributed by atoms with Crippen molar-refractivity contribution in [3.8, 4) is 129 Å². The van der Waals surface area contributed by atoms with Crippen LogP contribution >= 0.6 is 0 Å². The Morgan fingerprint density at radius 3 is 1.06 bits per heavy atom. The minimum absolute atomic E-state index is 0.816. The first-order valence-electron chi connectivity index (χ1n) is 50.2. The minimum atomic E-state index is -0.816. The molecule has 0 amide bonds. The molecule has 23 aromatic carbocycles. The molecule has 2 aliphatic rings. The van der Waals surface area contributed by atoms with Crippen LogP contribution in [-0.4, -0.2) is 22.8 Å². The van der Waals surface area contributed by atoms with Crippen LogP contribution in [0.15, 0.2) is 534 Å². The first-order chi connectivity index (χ1) is 72.0. The maximum Gasteiger partial charge on any atom is 0.0754 e. The molecule has 1 aliphatic heterocycles. The molecule has 1 atom stereocenters. The van der Waals surface area contributed by atoms with Crippen molar-refractivity contribution in [1.29, 1.82) is 0 Å². The zero-order valence-corrected chi connectivity index (χ0v) is 79.0. The van der Waals surface area contributed by atoms with Gasteiger partial charge in [-0.3, -0.25) is 0 Å². The molecule has 6 nitrogen and oxygen atoms in total. The SMILES string of the molecule is c1ccc(-c2ccc(-n3c4ccccc4c4c(-c5cccc6c5c5ccc(-c7ccc8c(c7)-c7ccccc7C87c8ccccc8N(c8cccc(-n9c%10ccccc%10c%10ccccc%109)c8)c8cc(-c9cc(-c%10ccccc%10)c%10c%11ccccc%11n(-c%11ccccc%11-c%11ccccc%11-n%11c%12ccccc%12c%12c(-c%13ccccc%13)cccc%12%11)c%10c9)ccc87)cc5n6-c5cccc(-c6ccccc6)c5)cccc43)cc2)cc1. The van der Waals surface area contributed by atoms with E-state index < -0.39 is 5.41 Å². The molecule has 1 aliphatic carbocycles. The molecule has 0 fully saturated rings. The van der Waals surface area contributed by atoms with Gasteiger partial charge in [0.25, 0.3) is 0 Å². The van der Waals surface area contributed by atoms with Gasteiger partial charge in [0.15, 0.2) is 0 Å². The van der Waals surface area contributed by atoms with Gasteiger partial charge in [0.1, 0.15) is 0 Å². The lowest BCUT2D eigenvalue weighted by molar-refractivity contribution is 0.753. The lowest BCUT2D eigenvalue weighted by atomic mass is 9.64. The average molecular weight is 1840 g/mol. The second kappa shape index (κ2) is 32.5. The number of anilines is 3. The highest BCUT2D eigenvalue weighted by Crippen LogP contribution is 2.65. The summed E-state index contributed by atoms with van der Waals surface area (Å²) < 4.78 is 12.5. The van der Waals surface area contributed by atoms with E-state index in [0.717, 1.165) is 145 Å². The number of rotatable bonds is 14. The highest BCUT2D eigenvalue weighted by Gasteiger charge is 2.52. The zero-order valence-electron chi connectivity index (χ0n) is 79.0. The Hall–Kier alpha value is -19.1. The Bertz CT molecular complexity index is 10200. The topological polar surface area (TPSA) is 27.9 Å². The maximum absolute atomic E-state index is 2.59. The van der Waals surface area contributed by atoms with E-state index in [1.165, 1.54) is 132 Å². The van der Waals surface area contributed by atoms with Gasteiger partial charge in [-0.25, -0.2) is 0 Å². The summed E-state index contributed by atoms with van der Waals surface area (Å²) in [5.41, 5.74) is 45.1. The molecule has 0 radical (unpaired) electrons. The number of benzene rings is 23. The molecule has 30 rings (SSSR count). The summed E-state index contributed by atoms with van der Waals surface area (Å²) in [4.78, 5) is 2.59. The molecule has 28 aromatic rings. The van der Waals surface area contributed by atoms with Gasteiger partial charge in [-0.05, 0) is 251 Å². The van der Waals surface area contributed by atoms with Crippen molar-refractivity contribution < 1.29 is 0 Å². The molecule has 0 saturated carbocycles. The summed E-state index contributed by atoms with van der Waals surface area (Å²) in [7, 11) is 0. The summed E-state index contributed by atoms with van der Waals surface area (Å²) in [5, 5.41) is 12.1. The Morgan fingerprint density at radius 1 is 0.124 bits per heavy atom. The van der Waals surface area contributed by atoms with Crippen LogP contribution in [0.1, 0.15) is 22.3 Å². The molecule has 0 N–H and O–H groups in total. The van der Waals surface area contributed by atoms with E-state index in [1.807, 2.05) is 0 Å². The van der Waals surface area contributed by atoms with Crippen molar-refractivity contribution in [2.24, 2.45) is 0 Å². The fourth-order valence-electron chi connectivity index (χ4n) is 25.2. The highest BCUT2D eigenvalue weighted by atomic mass is 15.2. The second-order valence-corrected chi connectivity index (χ2v) is 38.8. The van der Waals surface area contributed by atoms with Crippen molar-refractivity contribution in [3.63, 3.8) is 0 Å². The predicted molar refractivity (Wildman–Crippen MR) is 607 cm³/mol. The molecule has 1 spiro atoms. The summed E-state index contributed by atoms with van der Waals surface area (Å²) in [6.45, 7) is 0. The summed E-state index contributed by atoms with van der Waals surface area (Å²) in [5.74, 6) is 0. The molecule has 0 bridgehead atoms. The average Bonchev–Trinajstić information content (AvgIpc) is 1.53. The van der Waals surface area contributed by atoms with Gasteiger partial charge >= 0.3 is 0 Å². The number of hydrogen-bond donors (Lipinski definition) is 0. The van der Waals surface area contributed by atoms with E-state index in [0.29, 0.717) is 0 Å². The molecule has 674 valence electrons. The molecule has 6 heterocycles. The predicted octanol–water partition coefficient (Wildman–Crippen LogP) is 36.7.